The molecule has 0 aliphatic heterocycles. The SMILES string of the molecule is C.C.C.CON(C)C(=O)[C@H]1CC[C@H]2[C@@H]3CC[C@@H]4C[C@](C)(O)CC[C@@H]4[C@H]3CC[C@]12C.C[C@@]1(O)CC[C@H]2[C@H](CC[C@@H]3[C@@H]2CC[C@]2(C)[C@@H](C(=O)Cc4cccnc4)CC[C@@H]32)C1.Cc1cccnc1. The number of rotatable bonds is 5. The highest BCUT2D eigenvalue weighted by Crippen LogP contribution is 2.66. The van der Waals surface area contributed by atoms with Gasteiger partial charge in [-0.3, -0.25) is 24.4 Å². The van der Waals surface area contributed by atoms with Crippen LogP contribution in [0, 0.1) is 88.8 Å². The highest BCUT2D eigenvalue weighted by atomic mass is 16.7. The van der Waals surface area contributed by atoms with Crippen molar-refractivity contribution in [2.75, 3.05) is 14.2 Å². The van der Waals surface area contributed by atoms with E-state index in [1.165, 1.54) is 87.7 Å². The van der Waals surface area contributed by atoms with E-state index >= 15 is 0 Å². The van der Waals surface area contributed by atoms with Crippen molar-refractivity contribution in [3.8, 4) is 0 Å². The maximum Gasteiger partial charge on any atom is 0.249 e. The number of ketones is 1. The number of fused-ring (bicyclic) bond motifs is 10. The predicted molar refractivity (Wildman–Crippen MR) is 264 cm³/mol. The van der Waals surface area contributed by atoms with E-state index in [1.807, 2.05) is 57.4 Å². The summed E-state index contributed by atoms with van der Waals surface area (Å²) in [6, 6.07) is 7.92. The number of hydrogen-bond acceptors (Lipinski definition) is 7. The molecule has 8 aliphatic rings. The molecule has 65 heavy (non-hydrogen) atoms. The van der Waals surface area contributed by atoms with Crippen LogP contribution in [0.3, 0.4) is 0 Å². The number of aromatic nitrogens is 2. The van der Waals surface area contributed by atoms with E-state index in [1.54, 1.807) is 26.6 Å². The zero-order valence-electron chi connectivity index (χ0n) is 39.4. The number of Topliss-reactive ketones (excluding diaryl/α,β-unsaturated/α-hetero) is 1. The van der Waals surface area contributed by atoms with Crippen LogP contribution in [0.4, 0.5) is 0 Å². The summed E-state index contributed by atoms with van der Waals surface area (Å²) in [6.45, 7) is 10.9. The second-order valence-corrected chi connectivity index (χ2v) is 23.3. The minimum Gasteiger partial charge on any atom is -0.390 e. The summed E-state index contributed by atoms with van der Waals surface area (Å²) in [5, 5.41) is 22.5. The number of hydroxylamine groups is 2. The molecule has 366 valence electrons. The van der Waals surface area contributed by atoms with Gasteiger partial charge in [0.2, 0.25) is 5.91 Å². The van der Waals surface area contributed by atoms with Gasteiger partial charge in [0.25, 0.3) is 0 Å². The van der Waals surface area contributed by atoms with E-state index in [9.17, 15) is 19.8 Å². The fourth-order valence-electron chi connectivity index (χ4n) is 16.7. The Balaban J connectivity index is 0.000000205. The van der Waals surface area contributed by atoms with Crippen LogP contribution in [0.1, 0.15) is 177 Å². The first-order valence-corrected chi connectivity index (χ1v) is 25.1. The minimum atomic E-state index is -0.438. The van der Waals surface area contributed by atoms with Crippen molar-refractivity contribution in [2.24, 2.45) is 81.8 Å². The Morgan fingerprint density at radius 3 is 1.55 bits per heavy atom. The lowest BCUT2D eigenvalue weighted by Gasteiger charge is -2.56. The Labute approximate surface area is 396 Å². The second-order valence-electron chi connectivity index (χ2n) is 23.3. The molecule has 10 rings (SSSR count). The molecule has 8 heteroatoms. The zero-order chi connectivity index (χ0) is 44.0. The van der Waals surface area contributed by atoms with Crippen LogP contribution in [0.5, 0.6) is 0 Å². The van der Waals surface area contributed by atoms with Gasteiger partial charge >= 0.3 is 0 Å². The maximum absolute atomic E-state index is 13.3. The smallest absolute Gasteiger partial charge is 0.249 e. The number of carbonyl (C=O) groups is 2. The van der Waals surface area contributed by atoms with E-state index in [-0.39, 0.29) is 50.9 Å². The van der Waals surface area contributed by atoms with Crippen molar-refractivity contribution >= 4 is 11.7 Å². The number of amides is 1. The minimum absolute atomic E-state index is 0. The molecule has 8 aliphatic carbocycles. The first-order valence-electron chi connectivity index (χ1n) is 25.1. The van der Waals surface area contributed by atoms with Gasteiger partial charge in [0.05, 0.1) is 18.3 Å². The first-order chi connectivity index (χ1) is 29.5. The quantitative estimate of drug-likeness (QED) is 0.287. The van der Waals surface area contributed by atoms with Gasteiger partial charge in [-0.2, -0.15) is 0 Å². The molecule has 0 saturated heterocycles. The molecule has 16 atom stereocenters. The Hall–Kier alpha value is -2.68. The van der Waals surface area contributed by atoms with Crippen LogP contribution in [-0.2, 0) is 20.8 Å². The lowest BCUT2D eigenvalue weighted by atomic mass is 9.49. The highest BCUT2D eigenvalue weighted by Gasteiger charge is 2.60. The Morgan fingerprint density at radius 1 is 0.631 bits per heavy atom. The normalized spacial score (nSPS) is 41.9. The third-order valence-corrected chi connectivity index (χ3v) is 19.7. The van der Waals surface area contributed by atoms with Gasteiger partial charge in [0.1, 0.15) is 5.78 Å². The van der Waals surface area contributed by atoms with E-state index in [4.69, 9.17) is 4.84 Å². The third-order valence-electron chi connectivity index (χ3n) is 19.7. The highest BCUT2D eigenvalue weighted by molar-refractivity contribution is 5.84. The van der Waals surface area contributed by atoms with Crippen molar-refractivity contribution < 1.29 is 24.6 Å². The molecule has 8 saturated carbocycles. The van der Waals surface area contributed by atoms with E-state index in [0.29, 0.717) is 18.1 Å². The molecule has 0 unspecified atom stereocenters. The summed E-state index contributed by atoms with van der Waals surface area (Å²) in [5.74, 6) is 8.79. The lowest BCUT2D eigenvalue weighted by Crippen LogP contribution is -2.51. The van der Waals surface area contributed by atoms with Gasteiger partial charge in [-0.15, -0.1) is 0 Å². The summed E-state index contributed by atoms with van der Waals surface area (Å²) >= 11 is 0. The maximum atomic E-state index is 13.3. The summed E-state index contributed by atoms with van der Waals surface area (Å²) in [6.07, 6.45) is 28.9. The van der Waals surface area contributed by atoms with Gasteiger partial charge in [0, 0.05) is 50.1 Å². The number of aryl methyl sites for hydroxylation is 1. The van der Waals surface area contributed by atoms with Gasteiger partial charge in [0.15, 0.2) is 0 Å². The van der Waals surface area contributed by atoms with Crippen LogP contribution in [0.15, 0.2) is 49.1 Å². The van der Waals surface area contributed by atoms with Crippen molar-refractivity contribution in [1.82, 2.24) is 15.0 Å². The molecule has 0 radical (unpaired) electrons. The monoisotopic (exact) mass is 900 g/mol. The summed E-state index contributed by atoms with van der Waals surface area (Å²) < 4.78 is 0. The molecule has 0 bridgehead atoms. The summed E-state index contributed by atoms with van der Waals surface area (Å²) in [7, 11) is 3.34. The topological polar surface area (TPSA) is 113 Å². The number of carbonyl (C=O) groups excluding carboxylic acids is 2. The van der Waals surface area contributed by atoms with E-state index in [2.05, 4.69) is 23.8 Å². The molecule has 8 fully saturated rings. The van der Waals surface area contributed by atoms with Crippen molar-refractivity contribution in [1.29, 1.82) is 0 Å². The second kappa shape index (κ2) is 21.3. The molecule has 2 N–H and O–H groups in total. The molecular weight excluding hydrogens is 807 g/mol. The molecule has 0 aromatic carbocycles. The summed E-state index contributed by atoms with van der Waals surface area (Å²) in [4.78, 5) is 39.4. The van der Waals surface area contributed by atoms with Gasteiger partial charge in [-0.05, 0) is 230 Å². The fraction of sp³-hybridized carbons (Fsp3) is 0.789. The molecule has 1 amide bonds. The molecule has 2 heterocycles. The van der Waals surface area contributed by atoms with Gasteiger partial charge in [-0.1, -0.05) is 48.3 Å². The van der Waals surface area contributed by atoms with Crippen LogP contribution in [0.25, 0.3) is 0 Å². The van der Waals surface area contributed by atoms with Crippen LogP contribution >= 0.6 is 0 Å². The Kier molecular flexibility index (Phi) is 17.5. The van der Waals surface area contributed by atoms with Gasteiger partial charge < -0.3 is 10.2 Å². The number of aliphatic hydroxyl groups is 2. The Morgan fingerprint density at radius 2 is 1.11 bits per heavy atom. The lowest BCUT2D eigenvalue weighted by molar-refractivity contribution is -0.180. The summed E-state index contributed by atoms with van der Waals surface area (Å²) in [5.41, 5.74) is 1.75. The molecular formula is C57H93N3O5. The molecule has 8 nitrogen and oxygen atoms in total. The van der Waals surface area contributed by atoms with Crippen LogP contribution in [0.2, 0.25) is 0 Å². The van der Waals surface area contributed by atoms with E-state index in [0.717, 1.165) is 97.3 Å². The largest absolute Gasteiger partial charge is 0.390 e. The van der Waals surface area contributed by atoms with Crippen molar-refractivity contribution in [3.63, 3.8) is 0 Å². The average Bonchev–Trinajstić information content (AvgIpc) is 3.80. The third kappa shape index (κ3) is 10.8. The Bertz CT molecular complexity index is 1840. The average molecular weight is 900 g/mol. The molecule has 2 aromatic heterocycles. The van der Waals surface area contributed by atoms with E-state index < -0.39 is 11.2 Å². The fourth-order valence-corrected chi connectivity index (χ4v) is 16.7. The zero-order valence-corrected chi connectivity index (χ0v) is 39.4. The number of hydrogen-bond donors (Lipinski definition) is 2. The van der Waals surface area contributed by atoms with Crippen molar-refractivity contribution in [3.05, 3.63) is 60.2 Å². The molecule has 0 spiro atoms. The van der Waals surface area contributed by atoms with Gasteiger partial charge in [-0.25, -0.2) is 5.06 Å². The molecule has 2 aromatic rings. The number of pyridine rings is 2. The number of nitrogens with zero attached hydrogens (tertiary/aromatic N) is 3. The van der Waals surface area contributed by atoms with Crippen LogP contribution in [-0.4, -0.2) is 62.3 Å². The standard InChI is InChI=1S/C26H37NO2.C22H37NO3.C6H7N.3CH4/c1-25(29)11-9-19-18(15-25)5-6-21-20(19)10-12-26(2)22(21)7-8-23(26)24(28)14-17-4-3-13-27-16-17;1-21(25)11-9-15-14(13-21)5-6-17-16(15)10-12-22(2)18(17)7-8-19(22)20(24)23(3)26-4;1-6-3-2-4-7-5-6;;;/h3-4,13,16,18-23,29H,5-12,14-15H2,1-2H3;14-19,25H,5-13H2,1-4H3;2-5H,1H3;3*1H4/t18-,19+,20-,21-,22+,23-,25-,26+;14-,15+,16-,17-,18+,19-,21-,22+;;;;/m11..../s1. The predicted octanol–water partition coefficient (Wildman–Crippen LogP) is 12.5. The van der Waals surface area contributed by atoms with Crippen LogP contribution < -0.4 is 0 Å². The van der Waals surface area contributed by atoms with Crippen molar-refractivity contribution in [2.45, 2.75) is 190 Å². The first kappa shape index (κ1) is 53.3.